The molecule has 0 bridgehead atoms. The van der Waals surface area contributed by atoms with Gasteiger partial charge in [0.15, 0.2) is 0 Å². The first-order chi connectivity index (χ1) is 10.0. The third kappa shape index (κ3) is 5.17. The Balaban J connectivity index is 0.000000677. The van der Waals surface area contributed by atoms with Gasteiger partial charge in [0.1, 0.15) is 11.9 Å². The van der Waals surface area contributed by atoms with Crippen molar-refractivity contribution in [2.24, 2.45) is 0 Å². The molecule has 1 aliphatic rings. The van der Waals surface area contributed by atoms with E-state index in [9.17, 15) is 14.0 Å². The number of benzene rings is 1. The summed E-state index contributed by atoms with van der Waals surface area (Å²) in [7, 11) is 0. The minimum atomic E-state index is -0.477. The molecule has 5 heteroatoms. The van der Waals surface area contributed by atoms with E-state index in [4.69, 9.17) is 0 Å². The minimum absolute atomic E-state index is 0.259. The Morgan fingerprint density at radius 1 is 1.29 bits per heavy atom. The molecule has 2 amide bonds. The van der Waals surface area contributed by atoms with Crippen LogP contribution in [0.25, 0.3) is 0 Å². The minimum Gasteiger partial charge on any atom is -0.374 e. The number of piperidine rings is 1. The number of hydrogen-bond acceptors (Lipinski definition) is 3. The molecular weight excluding hydrogens is 271 g/mol. The summed E-state index contributed by atoms with van der Waals surface area (Å²) >= 11 is 0. The van der Waals surface area contributed by atoms with Crippen LogP contribution in [0.1, 0.15) is 45.6 Å². The number of halogens is 1. The number of hydrogen-bond donors (Lipinski definition) is 2. The Morgan fingerprint density at radius 3 is 2.48 bits per heavy atom. The summed E-state index contributed by atoms with van der Waals surface area (Å²) in [6.45, 7) is 6.13. The van der Waals surface area contributed by atoms with Crippen molar-refractivity contribution >= 4 is 17.5 Å². The smallest absolute Gasteiger partial charge is 0.249 e. The van der Waals surface area contributed by atoms with Gasteiger partial charge in [-0.05, 0) is 30.5 Å². The maximum Gasteiger partial charge on any atom is 0.249 e. The van der Waals surface area contributed by atoms with Gasteiger partial charge in [0, 0.05) is 12.1 Å². The highest BCUT2D eigenvalue weighted by molar-refractivity contribution is 6.01. The van der Waals surface area contributed by atoms with Crippen LogP contribution in [0, 0.1) is 5.82 Å². The summed E-state index contributed by atoms with van der Waals surface area (Å²) in [5, 5.41) is 5.19. The molecule has 1 aromatic rings. The lowest BCUT2D eigenvalue weighted by atomic mass is 10.1. The third-order valence-electron chi connectivity index (χ3n) is 3.01. The van der Waals surface area contributed by atoms with Crippen LogP contribution in [0.3, 0.4) is 0 Å². The van der Waals surface area contributed by atoms with Crippen molar-refractivity contribution in [1.29, 1.82) is 0 Å². The molecule has 2 N–H and O–H groups in total. The zero-order valence-corrected chi connectivity index (χ0v) is 12.8. The number of imide groups is 1. The summed E-state index contributed by atoms with van der Waals surface area (Å²) in [5.74, 6) is -0.897. The van der Waals surface area contributed by atoms with Crippen LogP contribution in [0.15, 0.2) is 18.2 Å². The van der Waals surface area contributed by atoms with Gasteiger partial charge in [0.2, 0.25) is 11.8 Å². The number of nitrogens with one attached hydrogen (secondary N) is 2. The second kappa shape index (κ2) is 8.39. The Morgan fingerprint density at radius 2 is 1.95 bits per heavy atom. The average molecular weight is 294 g/mol. The van der Waals surface area contributed by atoms with Crippen molar-refractivity contribution in [2.75, 3.05) is 5.32 Å². The van der Waals surface area contributed by atoms with Gasteiger partial charge in [-0.15, -0.1) is 0 Å². The van der Waals surface area contributed by atoms with Crippen molar-refractivity contribution in [2.45, 2.75) is 52.5 Å². The van der Waals surface area contributed by atoms with E-state index < -0.39 is 6.04 Å². The fourth-order valence-corrected chi connectivity index (χ4v) is 1.96. The molecule has 1 atom stereocenters. The van der Waals surface area contributed by atoms with Gasteiger partial charge in [-0.2, -0.15) is 0 Å². The number of rotatable bonds is 3. The van der Waals surface area contributed by atoms with Gasteiger partial charge < -0.3 is 5.32 Å². The SMILES string of the molecule is CCC.CCc1ccc(NC2CCC(=O)NC2=O)cc1F. The predicted octanol–water partition coefficient (Wildman–Crippen LogP) is 3.02. The topological polar surface area (TPSA) is 58.2 Å². The van der Waals surface area contributed by atoms with E-state index in [-0.39, 0.29) is 17.6 Å². The molecule has 1 saturated heterocycles. The molecule has 1 aliphatic heterocycles. The molecule has 0 saturated carbocycles. The van der Waals surface area contributed by atoms with Crippen LogP contribution in [0.4, 0.5) is 10.1 Å². The normalized spacial score (nSPS) is 17.6. The van der Waals surface area contributed by atoms with Crippen molar-refractivity contribution < 1.29 is 14.0 Å². The highest BCUT2D eigenvalue weighted by atomic mass is 19.1. The first-order valence-electron chi connectivity index (χ1n) is 7.40. The molecule has 2 rings (SSSR count). The van der Waals surface area contributed by atoms with E-state index in [0.29, 0.717) is 30.5 Å². The van der Waals surface area contributed by atoms with E-state index in [1.165, 1.54) is 12.5 Å². The lowest BCUT2D eigenvalue weighted by Gasteiger charge is -2.22. The monoisotopic (exact) mass is 294 g/mol. The number of anilines is 1. The maximum absolute atomic E-state index is 13.6. The molecule has 116 valence electrons. The second-order valence-electron chi connectivity index (χ2n) is 5.01. The molecule has 1 fully saturated rings. The second-order valence-corrected chi connectivity index (χ2v) is 5.01. The van der Waals surface area contributed by atoms with Crippen LogP contribution < -0.4 is 10.6 Å². The summed E-state index contributed by atoms with van der Waals surface area (Å²) in [6, 6.07) is 4.34. The molecule has 1 heterocycles. The van der Waals surface area contributed by atoms with Crippen molar-refractivity contribution in [3.8, 4) is 0 Å². The highest BCUT2D eigenvalue weighted by Gasteiger charge is 2.26. The average Bonchev–Trinajstić information content (AvgIpc) is 2.43. The Hall–Kier alpha value is -1.91. The fraction of sp³-hybridized carbons (Fsp3) is 0.500. The van der Waals surface area contributed by atoms with Crippen LogP contribution in [0.2, 0.25) is 0 Å². The van der Waals surface area contributed by atoms with Gasteiger partial charge >= 0.3 is 0 Å². The summed E-state index contributed by atoms with van der Waals surface area (Å²) in [4.78, 5) is 22.5. The quantitative estimate of drug-likeness (QED) is 0.843. The Labute approximate surface area is 125 Å². The molecule has 0 radical (unpaired) electrons. The van der Waals surface area contributed by atoms with Gasteiger partial charge in [0.25, 0.3) is 0 Å². The maximum atomic E-state index is 13.6. The largest absolute Gasteiger partial charge is 0.374 e. The van der Waals surface area contributed by atoms with E-state index in [1.807, 2.05) is 6.92 Å². The van der Waals surface area contributed by atoms with Crippen LogP contribution in [0.5, 0.6) is 0 Å². The molecule has 0 aliphatic carbocycles. The zero-order chi connectivity index (χ0) is 15.8. The first-order valence-corrected chi connectivity index (χ1v) is 7.40. The molecule has 0 aromatic heterocycles. The standard InChI is InChI=1S/C13H15FN2O2.C3H8/c1-2-8-3-4-9(7-10(8)14)15-11-5-6-12(17)16-13(11)18;1-3-2/h3-4,7,11,15H,2,5-6H2,1H3,(H,16,17,18);3H2,1-2H3. The van der Waals surface area contributed by atoms with E-state index in [1.54, 1.807) is 12.1 Å². The van der Waals surface area contributed by atoms with E-state index in [2.05, 4.69) is 24.5 Å². The Bertz CT molecular complexity index is 503. The number of aryl methyl sites for hydroxylation is 1. The van der Waals surface area contributed by atoms with Crippen LogP contribution in [-0.2, 0) is 16.0 Å². The fourth-order valence-electron chi connectivity index (χ4n) is 1.96. The van der Waals surface area contributed by atoms with Crippen molar-refractivity contribution in [1.82, 2.24) is 5.32 Å². The van der Waals surface area contributed by atoms with E-state index in [0.717, 1.165) is 0 Å². The van der Waals surface area contributed by atoms with Gasteiger partial charge in [-0.3, -0.25) is 14.9 Å². The summed E-state index contributed by atoms with van der Waals surface area (Å²) < 4.78 is 13.6. The lowest BCUT2D eigenvalue weighted by molar-refractivity contribution is -0.133. The van der Waals surface area contributed by atoms with Crippen molar-refractivity contribution in [3.63, 3.8) is 0 Å². The van der Waals surface area contributed by atoms with Crippen LogP contribution >= 0.6 is 0 Å². The summed E-state index contributed by atoms with van der Waals surface area (Å²) in [5.41, 5.74) is 1.20. The van der Waals surface area contributed by atoms with Gasteiger partial charge in [-0.1, -0.05) is 33.3 Å². The molecule has 21 heavy (non-hydrogen) atoms. The zero-order valence-electron chi connectivity index (χ0n) is 12.8. The molecule has 0 spiro atoms. The number of amides is 2. The molecule has 1 aromatic carbocycles. The lowest BCUT2D eigenvalue weighted by Crippen LogP contribution is -2.47. The first kappa shape index (κ1) is 17.1. The summed E-state index contributed by atoms with van der Waals surface area (Å²) in [6.07, 6.45) is 2.62. The predicted molar refractivity (Wildman–Crippen MR) is 81.5 cm³/mol. The van der Waals surface area contributed by atoms with E-state index >= 15 is 0 Å². The van der Waals surface area contributed by atoms with Crippen molar-refractivity contribution in [3.05, 3.63) is 29.6 Å². The van der Waals surface area contributed by atoms with Gasteiger partial charge in [0.05, 0.1) is 0 Å². The highest BCUT2D eigenvalue weighted by Crippen LogP contribution is 2.18. The molecule has 1 unspecified atom stereocenters. The number of carbonyl (C=O) groups excluding carboxylic acids is 2. The van der Waals surface area contributed by atoms with Crippen LogP contribution in [-0.4, -0.2) is 17.9 Å². The Kier molecular flexibility index (Phi) is 6.85. The molecular formula is C16H23FN2O2. The number of carbonyl (C=O) groups is 2. The third-order valence-corrected chi connectivity index (χ3v) is 3.01. The van der Waals surface area contributed by atoms with Gasteiger partial charge in [-0.25, -0.2) is 4.39 Å². The molecule has 4 nitrogen and oxygen atoms in total.